The first-order valence-electron chi connectivity index (χ1n) is 7.62. The van der Waals surface area contributed by atoms with Crippen LogP contribution in [0.4, 0.5) is 5.69 Å². The minimum Gasteiger partial charge on any atom is -0.494 e. The van der Waals surface area contributed by atoms with E-state index in [2.05, 4.69) is 9.82 Å². The highest BCUT2D eigenvalue weighted by Crippen LogP contribution is 2.23. The molecule has 0 bridgehead atoms. The van der Waals surface area contributed by atoms with E-state index in [1.165, 1.54) is 23.1 Å². The van der Waals surface area contributed by atoms with Crippen LogP contribution in [0.3, 0.4) is 0 Å². The average molecular weight is 353 g/mol. The van der Waals surface area contributed by atoms with Crippen LogP contribution < -0.4 is 9.46 Å². The number of aliphatic hydroxyl groups is 1. The van der Waals surface area contributed by atoms with Crippen molar-refractivity contribution in [2.24, 2.45) is 0 Å². The molecule has 0 atom stereocenters. The van der Waals surface area contributed by atoms with Crippen molar-refractivity contribution in [1.29, 1.82) is 0 Å². The van der Waals surface area contributed by atoms with Gasteiger partial charge in [0.2, 0.25) is 0 Å². The first-order chi connectivity index (χ1) is 11.1. The van der Waals surface area contributed by atoms with Gasteiger partial charge in [0.15, 0.2) is 0 Å². The van der Waals surface area contributed by atoms with Crippen molar-refractivity contribution in [1.82, 2.24) is 9.78 Å². The molecular weight excluding hydrogens is 330 g/mol. The third-order valence-corrected chi connectivity index (χ3v) is 4.57. The predicted molar refractivity (Wildman–Crippen MR) is 91.7 cm³/mol. The minimum atomic E-state index is -3.72. The Hall–Kier alpha value is -2.06. The Balaban J connectivity index is 2.18. The van der Waals surface area contributed by atoms with E-state index in [1.54, 1.807) is 32.9 Å². The number of anilines is 1. The summed E-state index contributed by atoms with van der Waals surface area (Å²) in [5.41, 5.74) is 0.150. The van der Waals surface area contributed by atoms with E-state index >= 15 is 0 Å². The van der Waals surface area contributed by atoms with Crippen LogP contribution in [-0.4, -0.2) is 35.5 Å². The van der Waals surface area contributed by atoms with Crippen LogP contribution in [0.25, 0.3) is 0 Å². The Morgan fingerprint density at radius 2 is 2.08 bits per heavy atom. The summed E-state index contributed by atoms with van der Waals surface area (Å²) in [4.78, 5) is 0.152. The molecule has 0 saturated carbocycles. The van der Waals surface area contributed by atoms with Crippen molar-refractivity contribution >= 4 is 15.7 Å². The molecule has 0 unspecified atom stereocenters. The second kappa shape index (κ2) is 6.82. The van der Waals surface area contributed by atoms with Crippen LogP contribution >= 0.6 is 0 Å². The highest BCUT2D eigenvalue weighted by Gasteiger charge is 2.18. The number of rotatable bonds is 7. The number of ether oxygens (including phenoxy) is 1. The van der Waals surface area contributed by atoms with Gasteiger partial charge < -0.3 is 9.84 Å². The molecule has 0 spiro atoms. The maximum Gasteiger partial charge on any atom is 0.262 e. The monoisotopic (exact) mass is 353 g/mol. The fraction of sp³-hybridized carbons (Fsp3) is 0.438. The summed E-state index contributed by atoms with van der Waals surface area (Å²) < 4.78 is 34.4. The summed E-state index contributed by atoms with van der Waals surface area (Å²) in [5.74, 6) is 0.662. The fourth-order valence-corrected chi connectivity index (χ4v) is 3.33. The number of hydrogen-bond acceptors (Lipinski definition) is 5. The number of sulfonamides is 1. The molecule has 0 radical (unpaired) electrons. The van der Waals surface area contributed by atoms with Gasteiger partial charge in [-0.1, -0.05) is 0 Å². The largest absolute Gasteiger partial charge is 0.494 e. The number of nitrogens with one attached hydrogen (secondary N) is 1. The Labute approximate surface area is 142 Å². The number of nitrogens with zero attached hydrogens (tertiary/aromatic N) is 2. The van der Waals surface area contributed by atoms with Crippen molar-refractivity contribution in [2.45, 2.75) is 44.7 Å². The van der Waals surface area contributed by atoms with Gasteiger partial charge in [-0.2, -0.15) is 5.10 Å². The van der Waals surface area contributed by atoms with Gasteiger partial charge in [-0.3, -0.25) is 9.40 Å². The third-order valence-electron chi connectivity index (χ3n) is 3.19. The lowest BCUT2D eigenvalue weighted by atomic mass is 10.1. The molecule has 0 aliphatic heterocycles. The van der Waals surface area contributed by atoms with E-state index in [4.69, 9.17) is 4.74 Å². The SMILES string of the molecule is CCOc1ccc(S(=O)(=O)Nc2cnn(CC(C)(C)O)c2)cc1C. The summed E-state index contributed by atoms with van der Waals surface area (Å²) >= 11 is 0. The van der Waals surface area contributed by atoms with Crippen LogP contribution in [-0.2, 0) is 16.6 Å². The molecule has 8 heteroatoms. The number of hydrogen-bond donors (Lipinski definition) is 2. The first-order valence-corrected chi connectivity index (χ1v) is 9.10. The molecule has 1 heterocycles. The maximum atomic E-state index is 12.5. The Kier molecular flexibility index (Phi) is 5.19. The van der Waals surface area contributed by atoms with Gasteiger partial charge in [0.05, 0.1) is 35.5 Å². The normalized spacial score (nSPS) is 12.2. The molecule has 132 valence electrons. The molecule has 2 rings (SSSR count). The highest BCUT2D eigenvalue weighted by molar-refractivity contribution is 7.92. The van der Waals surface area contributed by atoms with Gasteiger partial charge in [0.1, 0.15) is 5.75 Å². The topological polar surface area (TPSA) is 93.5 Å². The molecule has 1 aromatic carbocycles. The fourth-order valence-electron chi connectivity index (χ4n) is 2.22. The predicted octanol–water partition coefficient (Wildman–Crippen LogP) is 2.16. The molecule has 7 nitrogen and oxygen atoms in total. The molecule has 24 heavy (non-hydrogen) atoms. The van der Waals surface area contributed by atoms with Crippen LogP contribution in [0.2, 0.25) is 0 Å². The molecule has 2 N–H and O–H groups in total. The van der Waals surface area contributed by atoms with Gasteiger partial charge >= 0.3 is 0 Å². The lowest BCUT2D eigenvalue weighted by molar-refractivity contribution is 0.0578. The molecule has 0 aliphatic carbocycles. The minimum absolute atomic E-state index is 0.152. The van der Waals surface area contributed by atoms with Crippen LogP contribution in [0.5, 0.6) is 5.75 Å². The van der Waals surface area contributed by atoms with Gasteiger partial charge in [0, 0.05) is 6.20 Å². The van der Waals surface area contributed by atoms with Crippen LogP contribution in [0.15, 0.2) is 35.5 Å². The second-order valence-corrected chi connectivity index (χ2v) is 7.89. The van der Waals surface area contributed by atoms with Crippen molar-refractivity contribution in [2.75, 3.05) is 11.3 Å². The zero-order valence-electron chi connectivity index (χ0n) is 14.3. The molecule has 0 amide bonds. The lowest BCUT2D eigenvalue weighted by Crippen LogP contribution is -2.26. The van der Waals surface area contributed by atoms with E-state index in [0.717, 1.165) is 5.56 Å². The number of aryl methyl sites for hydroxylation is 1. The summed E-state index contributed by atoms with van der Waals surface area (Å²) in [6, 6.07) is 4.71. The Morgan fingerprint density at radius 1 is 1.38 bits per heavy atom. The molecular formula is C16H23N3O4S. The van der Waals surface area contributed by atoms with Crippen molar-refractivity contribution in [3.05, 3.63) is 36.2 Å². The lowest BCUT2D eigenvalue weighted by Gasteiger charge is -2.16. The first kappa shape index (κ1) is 18.3. The molecule has 1 aromatic heterocycles. The van der Waals surface area contributed by atoms with Crippen LogP contribution in [0.1, 0.15) is 26.3 Å². The summed E-state index contributed by atoms with van der Waals surface area (Å²) in [6.45, 7) is 7.76. The van der Waals surface area contributed by atoms with Crippen molar-refractivity contribution in [3.8, 4) is 5.75 Å². The summed E-state index contributed by atoms with van der Waals surface area (Å²) in [6.07, 6.45) is 2.95. The number of benzene rings is 1. The van der Waals surface area contributed by atoms with Crippen molar-refractivity contribution in [3.63, 3.8) is 0 Å². The van der Waals surface area contributed by atoms with Crippen molar-refractivity contribution < 1.29 is 18.3 Å². The second-order valence-electron chi connectivity index (χ2n) is 6.20. The highest BCUT2D eigenvalue weighted by atomic mass is 32.2. The smallest absolute Gasteiger partial charge is 0.262 e. The third kappa shape index (κ3) is 4.72. The van der Waals surface area contributed by atoms with E-state index in [-0.39, 0.29) is 11.4 Å². The standard InChI is InChI=1S/C16H23N3O4S/c1-5-23-15-7-6-14(8-12(15)2)24(21,22)18-13-9-17-19(10-13)11-16(3,4)20/h6-10,18,20H,5,11H2,1-4H3. The van der Waals surface area contributed by atoms with E-state index in [1.807, 2.05) is 6.92 Å². The van der Waals surface area contributed by atoms with Gasteiger partial charge in [-0.25, -0.2) is 8.42 Å². The maximum absolute atomic E-state index is 12.5. The Morgan fingerprint density at radius 3 is 2.67 bits per heavy atom. The van der Waals surface area contributed by atoms with E-state index in [9.17, 15) is 13.5 Å². The summed E-state index contributed by atoms with van der Waals surface area (Å²) in [7, 11) is -3.72. The van der Waals surface area contributed by atoms with Gasteiger partial charge in [0.25, 0.3) is 10.0 Å². The van der Waals surface area contributed by atoms with Gasteiger partial charge in [-0.05, 0) is 51.5 Å². The molecule has 0 aliphatic rings. The zero-order valence-corrected chi connectivity index (χ0v) is 15.1. The summed E-state index contributed by atoms with van der Waals surface area (Å²) in [5, 5.41) is 13.8. The van der Waals surface area contributed by atoms with E-state index in [0.29, 0.717) is 18.0 Å². The molecule has 0 fully saturated rings. The van der Waals surface area contributed by atoms with Gasteiger partial charge in [-0.15, -0.1) is 0 Å². The average Bonchev–Trinajstić information content (AvgIpc) is 2.85. The molecule has 0 saturated heterocycles. The quantitative estimate of drug-likeness (QED) is 0.796. The Bertz CT molecular complexity index is 807. The van der Waals surface area contributed by atoms with Crippen LogP contribution in [0, 0.1) is 6.92 Å². The zero-order chi connectivity index (χ0) is 18.0. The van der Waals surface area contributed by atoms with E-state index < -0.39 is 15.6 Å². The number of aromatic nitrogens is 2. The molecule has 2 aromatic rings.